The van der Waals surface area contributed by atoms with Crippen LogP contribution in [0, 0.1) is 29.9 Å². The van der Waals surface area contributed by atoms with Crippen molar-refractivity contribution in [1.82, 2.24) is 0 Å². The molecule has 0 heterocycles. The first-order chi connectivity index (χ1) is 8.60. The monoisotopic (exact) mass is 244 g/mol. The van der Waals surface area contributed by atoms with Gasteiger partial charge in [0.1, 0.15) is 17.7 Å². The largest absolute Gasteiger partial charge is 0.352 e. The molecule has 0 amide bonds. The van der Waals surface area contributed by atoms with Gasteiger partial charge in [0.15, 0.2) is 0 Å². The van der Waals surface area contributed by atoms with E-state index in [4.69, 9.17) is 5.26 Å². The molecule has 0 unspecified atom stereocenters. The Labute approximate surface area is 103 Å². The van der Waals surface area contributed by atoms with E-state index >= 15 is 0 Å². The number of aryl methyl sites for hydroxylation is 1. The maximum atomic E-state index is 13.6. The maximum absolute atomic E-state index is 13.6. The lowest BCUT2D eigenvalue weighted by atomic mass is 10.1. The van der Waals surface area contributed by atoms with Crippen LogP contribution in [0.4, 0.5) is 20.2 Å². The first-order valence-electron chi connectivity index (χ1n) is 5.33. The molecular formula is C14H10F2N2. The molecule has 2 nitrogen and oxygen atoms in total. The molecule has 0 saturated carbocycles. The van der Waals surface area contributed by atoms with Gasteiger partial charge in [0, 0.05) is 0 Å². The van der Waals surface area contributed by atoms with Crippen LogP contribution in [0.3, 0.4) is 0 Å². The summed E-state index contributed by atoms with van der Waals surface area (Å²) in [5, 5.41) is 11.7. The van der Waals surface area contributed by atoms with Crippen molar-refractivity contribution in [2.24, 2.45) is 0 Å². The molecule has 0 spiro atoms. The van der Waals surface area contributed by atoms with Gasteiger partial charge in [-0.05, 0) is 42.8 Å². The lowest BCUT2D eigenvalue weighted by Gasteiger charge is -2.10. The maximum Gasteiger partial charge on any atom is 0.146 e. The second-order valence-corrected chi connectivity index (χ2v) is 3.91. The third-order valence-electron chi connectivity index (χ3n) is 2.49. The molecule has 0 fully saturated rings. The van der Waals surface area contributed by atoms with Crippen molar-refractivity contribution in [1.29, 1.82) is 5.26 Å². The average Bonchev–Trinajstić information content (AvgIpc) is 2.36. The molecule has 0 radical (unpaired) electrons. The summed E-state index contributed by atoms with van der Waals surface area (Å²) in [7, 11) is 0. The van der Waals surface area contributed by atoms with Crippen molar-refractivity contribution >= 4 is 11.4 Å². The van der Waals surface area contributed by atoms with Crippen LogP contribution in [0.1, 0.15) is 11.1 Å². The fraction of sp³-hybridized carbons (Fsp3) is 0.0714. The summed E-state index contributed by atoms with van der Waals surface area (Å²) in [4.78, 5) is 0. The third-order valence-corrected chi connectivity index (χ3v) is 2.49. The highest BCUT2D eigenvalue weighted by Crippen LogP contribution is 2.24. The lowest BCUT2D eigenvalue weighted by Crippen LogP contribution is -1.97. The van der Waals surface area contributed by atoms with Gasteiger partial charge in [0.2, 0.25) is 0 Å². The van der Waals surface area contributed by atoms with E-state index in [1.54, 1.807) is 12.1 Å². The molecule has 0 aliphatic rings. The molecule has 2 aromatic carbocycles. The number of hydrogen-bond donors (Lipinski definition) is 1. The fourth-order valence-electron chi connectivity index (χ4n) is 1.60. The number of rotatable bonds is 2. The van der Waals surface area contributed by atoms with Crippen LogP contribution in [0.2, 0.25) is 0 Å². The molecule has 2 rings (SSSR count). The number of anilines is 2. The number of benzene rings is 2. The molecule has 0 bridgehead atoms. The fourth-order valence-corrected chi connectivity index (χ4v) is 1.60. The van der Waals surface area contributed by atoms with E-state index in [1.807, 2.05) is 13.0 Å². The van der Waals surface area contributed by atoms with E-state index in [-0.39, 0.29) is 11.3 Å². The topological polar surface area (TPSA) is 35.8 Å². The molecular weight excluding hydrogens is 234 g/mol. The lowest BCUT2D eigenvalue weighted by molar-refractivity contribution is 0.627. The molecule has 4 heteroatoms. The summed E-state index contributed by atoms with van der Waals surface area (Å²) in [5.74, 6) is -0.921. The summed E-state index contributed by atoms with van der Waals surface area (Å²) in [6.07, 6.45) is 0. The Bertz CT molecular complexity index is 630. The minimum Gasteiger partial charge on any atom is -0.352 e. The van der Waals surface area contributed by atoms with Gasteiger partial charge < -0.3 is 5.32 Å². The number of nitrogens with one attached hydrogen (secondary N) is 1. The van der Waals surface area contributed by atoms with Crippen LogP contribution < -0.4 is 5.32 Å². The van der Waals surface area contributed by atoms with Crippen LogP contribution >= 0.6 is 0 Å². The Morgan fingerprint density at radius 3 is 2.56 bits per heavy atom. The van der Waals surface area contributed by atoms with E-state index in [0.717, 1.165) is 11.6 Å². The third kappa shape index (κ3) is 2.46. The zero-order valence-corrected chi connectivity index (χ0v) is 9.67. The number of hydrogen-bond acceptors (Lipinski definition) is 2. The quantitative estimate of drug-likeness (QED) is 0.869. The molecule has 90 valence electrons. The molecule has 0 aliphatic carbocycles. The summed E-state index contributed by atoms with van der Waals surface area (Å²) in [6, 6.07) is 10.2. The Hall–Kier alpha value is -2.41. The summed E-state index contributed by atoms with van der Waals surface area (Å²) < 4.78 is 26.5. The van der Waals surface area contributed by atoms with Gasteiger partial charge in [-0.15, -0.1) is 0 Å². The van der Waals surface area contributed by atoms with Gasteiger partial charge in [-0.1, -0.05) is 6.07 Å². The standard InChI is InChI=1S/C14H10F2N2/c1-9-2-4-12(16)14(6-9)18-13-5-3-11(15)7-10(13)8-17/h2-7,18H,1H3. The first-order valence-corrected chi connectivity index (χ1v) is 5.33. The van der Waals surface area contributed by atoms with E-state index in [0.29, 0.717) is 5.69 Å². The number of nitrogens with zero attached hydrogens (tertiary/aromatic N) is 1. The van der Waals surface area contributed by atoms with Crippen molar-refractivity contribution in [3.8, 4) is 6.07 Å². The van der Waals surface area contributed by atoms with Gasteiger partial charge in [-0.25, -0.2) is 8.78 Å². The molecule has 2 aromatic rings. The van der Waals surface area contributed by atoms with E-state index in [9.17, 15) is 8.78 Å². The van der Waals surface area contributed by atoms with Gasteiger partial charge in [-0.3, -0.25) is 0 Å². The number of halogens is 2. The van der Waals surface area contributed by atoms with E-state index in [2.05, 4.69) is 5.32 Å². The zero-order chi connectivity index (χ0) is 13.1. The molecule has 0 saturated heterocycles. The predicted molar refractivity (Wildman–Crippen MR) is 65.5 cm³/mol. The SMILES string of the molecule is Cc1ccc(F)c(Nc2ccc(F)cc2C#N)c1. The average molecular weight is 244 g/mol. The van der Waals surface area contributed by atoms with E-state index < -0.39 is 11.6 Å². The number of nitriles is 1. The highest BCUT2D eigenvalue weighted by Gasteiger charge is 2.07. The minimum atomic E-state index is -0.498. The van der Waals surface area contributed by atoms with Crippen molar-refractivity contribution in [2.75, 3.05) is 5.32 Å². The summed E-state index contributed by atoms with van der Waals surface area (Å²) >= 11 is 0. The highest BCUT2D eigenvalue weighted by atomic mass is 19.1. The van der Waals surface area contributed by atoms with Crippen molar-refractivity contribution in [2.45, 2.75) is 6.92 Å². The Kier molecular flexibility index (Phi) is 3.24. The predicted octanol–water partition coefficient (Wildman–Crippen LogP) is 3.89. The highest BCUT2D eigenvalue weighted by molar-refractivity contribution is 5.67. The smallest absolute Gasteiger partial charge is 0.146 e. The zero-order valence-electron chi connectivity index (χ0n) is 9.67. The van der Waals surface area contributed by atoms with Crippen molar-refractivity contribution in [3.05, 3.63) is 59.2 Å². The van der Waals surface area contributed by atoms with Gasteiger partial charge in [-0.2, -0.15) is 5.26 Å². The summed E-state index contributed by atoms with van der Waals surface area (Å²) in [5.41, 5.74) is 1.66. The molecule has 1 N–H and O–H groups in total. The minimum absolute atomic E-state index is 0.135. The first kappa shape index (κ1) is 12.1. The van der Waals surface area contributed by atoms with E-state index in [1.165, 1.54) is 18.2 Å². The molecule has 18 heavy (non-hydrogen) atoms. The van der Waals surface area contributed by atoms with Crippen LogP contribution in [0.5, 0.6) is 0 Å². The second kappa shape index (κ2) is 4.84. The van der Waals surface area contributed by atoms with Crippen molar-refractivity contribution in [3.63, 3.8) is 0 Å². The van der Waals surface area contributed by atoms with Gasteiger partial charge >= 0.3 is 0 Å². The molecule has 0 aliphatic heterocycles. The molecule has 0 aromatic heterocycles. The Morgan fingerprint density at radius 2 is 1.83 bits per heavy atom. The van der Waals surface area contributed by atoms with Crippen LogP contribution in [0.25, 0.3) is 0 Å². The van der Waals surface area contributed by atoms with Gasteiger partial charge in [0.05, 0.1) is 16.9 Å². The van der Waals surface area contributed by atoms with Crippen LogP contribution in [-0.4, -0.2) is 0 Å². The van der Waals surface area contributed by atoms with Crippen LogP contribution in [0.15, 0.2) is 36.4 Å². The van der Waals surface area contributed by atoms with Crippen molar-refractivity contribution < 1.29 is 8.78 Å². The Balaban J connectivity index is 2.40. The Morgan fingerprint density at radius 1 is 1.06 bits per heavy atom. The molecule has 0 atom stereocenters. The normalized spacial score (nSPS) is 9.89. The van der Waals surface area contributed by atoms with Crippen LogP contribution in [-0.2, 0) is 0 Å². The summed E-state index contributed by atoms with van der Waals surface area (Å²) in [6.45, 7) is 1.83. The second-order valence-electron chi connectivity index (χ2n) is 3.91. The van der Waals surface area contributed by atoms with Gasteiger partial charge in [0.25, 0.3) is 0 Å².